The molecule has 0 saturated carbocycles. The fraction of sp³-hybridized carbons (Fsp3) is 0.0909. The van der Waals surface area contributed by atoms with Crippen molar-refractivity contribution in [3.63, 3.8) is 0 Å². The van der Waals surface area contributed by atoms with Crippen LogP contribution in [-0.2, 0) is 6.54 Å². The third kappa shape index (κ3) is 2.61. The van der Waals surface area contributed by atoms with Crippen LogP contribution in [0.15, 0.2) is 36.5 Å². The van der Waals surface area contributed by atoms with Crippen LogP contribution in [0.5, 0.6) is 0 Å². The van der Waals surface area contributed by atoms with Gasteiger partial charge in [0.25, 0.3) is 0 Å². The Kier molecular flexibility index (Phi) is 3.22. The highest BCUT2D eigenvalue weighted by atomic mass is 35.5. The molecule has 1 heterocycles. The van der Waals surface area contributed by atoms with E-state index in [-0.39, 0.29) is 5.28 Å². The molecule has 0 aliphatic heterocycles. The Morgan fingerprint density at radius 2 is 2.00 bits per heavy atom. The van der Waals surface area contributed by atoms with Gasteiger partial charge in [0.05, 0.1) is 11.9 Å². The van der Waals surface area contributed by atoms with Crippen molar-refractivity contribution >= 4 is 23.1 Å². The summed E-state index contributed by atoms with van der Waals surface area (Å²) in [6.07, 6.45) is 1.49. The summed E-state index contributed by atoms with van der Waals surface area (Å²) in [5.41, 5.74) is 7.34. The molecule has 0 bridgehead atoms. The van der Waals surface area contributed by atoms with E-state index in [1.165, 1.54) is 6.20 Å². The molecule has 5 heteroatoms. The van der Waals surface area contributed by atoms with Gasteiger partial charge in [0.15, 0.2) is 5.82 Å². The Morgan fingerprint density at radius 1 is 1.25 bits per heavy atom. The maximum Gasteiger partial charge on any atom is 0.224 e. The van der Waals surface area contributed by atoms with Crippen LogP contribution in [0.3, 0.4) is 0 Å². The lowest BCUT2D eigenvalue weighted by molar-refractivity contribution is 1.08. The second-order valence-corrected chi connectivity index (χ2v) is 3.62. The van der Waals surface area contributed by atoms with Gasteiger partial charge >= 0.3 is 0 Å². The molecule has 0 radical (unpaired) electrons. The molecule has 0 aliphatic carbocycles. The topological polar surface area (TPSA) is 63.8 Å². The third-order valence-corrected chi connectivity index (χ3v) is 2.27. The molecule has 0 amide bonds. The van der Waals surface area contributed by atoms with E-state index < -0.39 is 0 Å². The number of rotatable bonds is 3. The van der Waals surface area contributed by atoms with Gasteiger partial charge in [-0.15, -0.1) is 0 Å². The largest absolute Gasteiger partial charge is 0.394 e. The van der Waals surface area contributed by atoms with Gasteiger partial charge in [-0.3, -0.25) is 0 Å². The van der Waals surface area contributed by atoms with E-state index in [9.17, 15) is 0 Å². The molecule has 3 N–H and O–H groups in total. The van der Waals surface area contributed by atoms with Gasteiger partial charge < -0.3 is 11.1 Å². The second kappa shape index (κ2) is 4.81. The van der Waals surface area contributed by atoms with Crippen LogP contribution in [0.2, 0.25) is 5.28 Å². The summed E-state index contributed by atoms with van der Waals surface area (Å²) < 4.78 is 0. The first-order valence-electron chi connectivity index (χ1n) is 4.81. The van der Waals surface area contributed by atoms with Crippen LogP contribution in [0.1, 0.15) is 5.56 Å². The van der Waals surface area contributed by atoms with Crippen molar-refractivity contribution in [2.45, 2.75) is 6.54 Å². The van der Waals surface area contributed by atoms with Crippen molar-refractivity contribution < 1.29 is 0 Å². The molecule has 0 fully saturated rings. The highest BCUT2D eigenvalue weighted by Crippen LogP contribution is 2.16. The van der Waals surface area contributed by atoms with Gasteiger partial charge in [0, 0.05) is 6.54 Å². The minimum Gasteiger partial charge on any atom is -0.394 e. The molecule has 0 unspecified atom stereocenters. The van der Waals surface area contributed by atoms with Crippen molar-refractivity contribution in [2.75, 3.05) is 11.1 Å². The molecule has 16 heavy (non-hydrogen) atoms. The van der Waals surface area contributed by atoms with E-state index in [4.69, 9.17) is 17.3 Å². The van der Waals surface area contributed by atoms with E-state index in [0.29, 0.717) is 18.1 Å². The number of nitrogens with zero attached hydrogens (tertiary/aromatic N) is 2. The number of aromatic nitrogens is 2. The number of halogens is 1. The Morgan fingerprint density at radius 3 is 2.75 bits per heavy atom. The number of hydrogen-bond acceptors (Lipinski definition) is 4. The zero-order valence-corrected chi connectivity index (χ0v) is 9.28. The van der Waals surface area contributed by atoms with E-state index in [1.54, 1.807) is 0 Å². The summed E-state index contributed by atoms with van der Waals surface area (Å²) in [4.78, 5) is 7.79. The SMILES string of the molecule is Nc1cnc(Cl)nc1NCc1ccccc1. The maximum atomic E-state index is 5.71. The van der Waals surface area contributed by atoms with Crippen LogP contribution >= 0.6 is 11.6 Å². The summed E-state index contributed by atoms with van der Waals surface area (Å²) >= 11 is 5.68. The number of nitrogens with two attached hydrogens (primary N) is 1. The molecule has 4 nitrogen and oxygen atoms in total. The van der Waals surface area contributed by atoms with Gasteiger partial charge in [0.2, 0.25) is 5.28 Å². The predicted octanol–water partition coefficient (Wildman–Crippen LogP) is 2.32. The maximum absolute atomic E-state index is 5.71. The third-order valence-electron chi connectivity index (χ3n) is 2.09. The van der Waals surface area contributed by atoms with Crippen molar-refractivity contribution in [2.24, 2.45) is 0 Å². The Hall–Kier alpha value is -1.81. The summed E-state index contributed by atoms with van der Waals surface area (Å²) in [5.74, 6) is 0.559. The number of benzene rings is 1. The summed E-state index contributed by atoms with van der Waals surface area (Å²) in [6.45, 7) is 0.651. The van der Waals surface area contributed by atoms with Crippen molar-refractivity contribution in [1.82, 2.24) is 9.97 Å². The minimum atomic E-state index is 0.185. The first-order chi connectivity index (χ1) is 7.75. The minimum absolute atomic E-state index is 0.185. The average molecular weight is 235 g/mol. The number of nitrogen functional groups attached to an aromatic ring is 1. The normalized spacial score (nSPS) is 10.1. The predicted molar refractivity (Wildman–Crippen MR) is 65.2 cm³/mol. The lowest BCUT2D eigenvalue weighted by Crippen LogP contribution is -2.05. The van der Waals surface area contributed by atoms with Crippen LogP contribution in [-0.4, -0.2) is 9.97 Å². The van der Waals surface area contributed by atoms with Gasteiger partial charge in [-0.2, -0.15) is 4.98 Å². The van der Waals surface area contributed by atoms with Crippen LogP contribution in [0.4, 0.5) is 11.5 Å². The first-order valence-corrected chi connectivity index (χ1v) is 5.19. The monoisotopic (exact) mass is 234 g/mol. The Bertz CT molecular complexity index is 473. The van der Waals surface area contributed by atoms with Gasteiger partial charge in [-0.25, -0.2) is 4.98 Å². The quantitative estimate of drug-likeness (QED) is 0.800. The van der Waals surface area contributed by atoms with E-state index in [0.717, 1.165) is 5.56 Å². The molecule has 0 spiro atoms. The molecular formula is C11H11ClN4. The molecule has 0 saturated heterocycles. The van der Waals surface area contributed by atoms with Crippen molar-refractivity contribution in [3.8, 4) is 0 Å². The molecular weight excluding hydrogens is 224 g/mol. The molecule has 0 atom stereocenters. The number of anilines is 2. The van der Waals surface area contributed by atoms with Crippen molar-refractivity contribution in [3.05, 3.63) is 47.4 Å². The van der Waals surface area contributed by atoms with Gasteiger partial charge in [-0.1, -0.05) is 30.3 Å². The Balaban J connectivity index is 2.08. The molecule has 1 aromatic carbocycles. The standard InChI is InChI=1S/C11H11ClN4/c12-11-15-7-9(13)10(16-11)14-6-8-4-2-1-3-5-8/h1-5,7H,6,13H2,(H,14,15,16). The summed E-state index contributed by atoms with van der Waals surface area (Å²) in [6, 6.07) is 9.97. The van der Waals surface area contributed by atoms with Crippen LogP contribution < -0.4 is 11.1 Å². The fourth-order valence-corrected chi connectivity index (χ4v) is 1.43. The lowest BCUT2D eigenvalue weighted by Gasteiger charge is -2.07. The van der Waals surface area contributed by atoms with E-state index in [2.05, 4.69) is 15.3 Å². The van der Waals surface area contributed by atoms with E-state index in [1.807, 2.05) is 30.3 Å². The lowest BCUT2D eigenvalue weighted by atomic mass is 10.2. The van der Waals surface area contributed by atoms with E-state index >= 15 is 0 Å². The summed E-state index contributed by atoms with van der Waals surface area (Å²) in [5, 5.41) is 3.29. The smallest absolute Gasteiger partial charge is 0.224 e. The molecule has 82 valence electrons. The van der Waals surface area contributed by atoms with Crippen molar-refractivity contribution in [1.29, 1.82) is 0 Å². The molecule has 2 rings (SSSR count). The van der Waals surface area contributed by atoms with Gasteiger partial charge in [-0.05, 0) is 17.2 Å². The molecule has 0 aliphatic rings. The first kappa shape index (κ1) is 10.7. The zero-order valence-electron chi connectivity index (χ0n) is 8.52. The molecule has 1 aromatic heterocycles. The summed E-state index contributed by atoms with van der Waals surface area (Å²) in [7, 11) is 0. The Labute approximate surface area is 98.5 Å². The number of nitrogens with one attached hydrogen (secondary N) is 1. The van der Waals surface area contributed by atoms with Crippen LogP contribution in [0, 0.1) is 0 Å². The second-order valence-electron chi connectivity index (χ2n) is 3.28. The van der Waals surface area contributed by atoms with Crippen LogP contribution in [0.25, 0.3) is 0 Å². The molecule has 2 aromatic rings. The average Bonchev–Trinajstić information content (AvgIpc) is 2.32. The zero-order chi connectivity index (χ0) is 11.4. The highest BCUT2D eigenvalue weighted by Gasteiger charge is 2.02. The highest BCUT2D eigenvalue weighted by molar-refractivity contribution is 6.28. The van der Waals surface area contributed by atoms with Gasteiger partial charge in [0.1, 0.15) is 0 Å². The number of hydrogen-bond donors (Lipinski definition) is 2. The fourth-order valence-electron chi connectivity index (χ4n) is 1.29.